The molecule has 0 N–H and O–H groups in total. The van der Waals surface area contributed by atoms with E-state index in [0.717, 1.165) is 27.5 Å². The zero-order valence-corrected chi connectivity index (χ0v) is 18.2. The largest absolute Gasteiger partial charge is 0.295 e. The Morgan fingerprint density at radius 2 is 1.21 bits per heavy atom. The quantitative estimate of drug-likeness (QED) is 0.430. The molecule has 0 amide bonds. The van der Waals surface area contributed by atoms with Crippen LogP contribution in [0.5, 0.6) is 0 Å². The standard InChI is InChI=1S/C28H30O/c1-18(20-7-9-24-16-22(19(2)29)8-10-23(24)15-20)21-11-12-25-26(17-21)28(5,6)14-13-27(25,3)4/h7-12,15-17H,1,13-14H2,2-6H3. The highest BCUT2D eigenvalue weighted by Gasteiger charge is 2.37. The summed E-state index contributed by atoms with van der Waals surface area (Å²) < 4.78 is 0. The van der Waals surface area contributed by atoms with E-state index in [1.807, 2.05) is 18.2 Å². The highest BCUT2D eigenvalue weighted by Crippen LogP contribution is 2.46. The number of Topliss-reactive ketones (excluding diaryl/α,β-unsaturated/α-hetero) is 1. The van der Waals surface area contributed by atoms with Crippen molar-refractivity contribution in [3.8, 4) is 0 Å². The van der Waals surface area contributed by atoms with E-state index >= 15 is 0 Å². The van der Waals surface area contributed by atoms with Crippen LogP contribution >= 0.6 is 0 Å². The summed E-state index contributed by atoms with van der Waals surface area (Å²) in [6.07, 6.45) is 2.43. The molecule has 1 nitrogen and oxygen atoms in total. The molecule has 0 saturated carbocycles. The van der Waals surface area contributed by atoms with Gasteiger partial charge in [0.25, 0.3) is 0 Å². The molecule has 0 fully saturated rings. The first-order valence-electron chi connectivity index (χ1n) is 10.5. The molecule has 3 aromatic rings. The molecule has 0 aromatic heterocycles. The molecule has 29 heavy (non-hydrogen) atoms. The normalized spacial score (nSPS) is 17.0. The monoisotopic (exact) mass is 382 g/mol. The van der Waals surface area contributed by atoms with Crippen molar-refractivity contribution in [1.82, 2.24) is 0 Å². The first-order valence-corrected chi connectivity index (χ1v) is 10.5. The second-order valence-electron chi connectivity index (χ2n) is 9.84. The molecule has 0 bridgehead atoms. The van der Waals surface area contributed by atoms with Gasteiger partial charge in [0, 0.05) is 5.56 Å². The van der Waals surface area contributed by atoms with Crippen molar-refractivity contribution in [3.05, 3.63) is 89.0 Å². The van der Waals surface area contributed by atoms with Gasteiger partial charge < -0.3 is 0 Å². The summed E-state index contributed by atoms with van der Waals surface area (Å²) >= 11 is 0. The number of hydrogen-bond acceptors (Lipinski definition) is 1. The molecule has 0 unspecified atom stereocenters. The van der Waals surface area contributed by atoms with E-state index in [-0.39, 0.29) is 16.6 Å². The minimum atomic E-state index is 0.0972. The Morgan fingerprint density at radius 1 is 0.724 bits per heavy atom. The van der Waals surface area contributed by atoms with Gasteiger partial charge in [0.15, 0.2) is 5.78 Å². The molecule has 0 atom stereocenters. The summed E-state index contributed by atoms with van der Waals surface area (Å²) in [7, 11) is 0. The van der Waals surface area contributed by atoms with Crippen LogP contribution < -0.4 is 0 Å². The molecule has 0 heterocycles. The van der Waals surface area contributed by atoms with E-state index in [4.69, 9.17) is 0 Å². The lowest BCUT2D eigenvalue weighted by Gasteiger charge is -2.42. The van der Waals surface area contributed by atoms with Crippen LogP contribution in [0, 0.1) is 0 Å². The molecule has 3 aromatic carbocycles. The number of benzene rings is 3. The second-order valence-corrected chi connectivity index (χ2v) is 9.84. The second kappa shape index (κ2) is 6.69. The lowest BCUT2D eigenvalue weighted by molar-refractivity contribution is 0.101. The molecule has 0 saturated heterocycles. The molecule has 0 aliphatic heterocycles. The first-order chi connectivity index (χ1) is 13.6. The van der Waals surface area contributed by atoms with Crippen LogP contribution in [-0.4, -0.2) is 5.78 Å². The van der Waals surface area contributed by atoms with Crippen LogP contribution in [0.1, 0.15) is 80.1 Å². The fraction of sp³-hybridized carbons (Fsp3) is 0.321. The maximum absolute atomic E-state index is 11.7. The SMILES string of the molecule is C=C(c1ccc2c(c1)C(C)(C)CCC2(C)C)c1ccc2cc(C(C)=O)ccc2c1. The Labute approximate surface area is 174 Å². The van der Waals surface area contributed by atoms with Gasteiger partial charge in [-0.2, -0.15) is 0 Å². The number of hydrogen-bond donors (Lipinski definition) is 0. The third-order valence-electron chi connectivity index (χ3n) is 6.80. The van der Waals surface area contributed by atoms with E-state index in [0.29, 0.717) is 0 Å². The summed E-state index contributed by atoms with van der Waals surface area (Å²) in [5, 5.41) is 2.22. The van der Waals surface area contributed by atoms with Gasteiger partial charge in [0.1, 0.15) is 0 Å². The van der Waals surface area contributed by atoms with Crippen molar-refractivity contribution in [1.29, 1.82) is 0 Å². The topological polar surface area (TPSA) is 17.1 Å². The van der Waals surface area contributed by atoms with Crippen LogP contribution in [0.2, 0.25) is 0 Å². The van der Waals surface area contributed by atoms with E-state index in [1.54, 1.807) is 6.92 Å². The fourth-order valence-electron chi connectivity index (χ4n) is 4.60. The highest BCUT2D eigenvalue weighted by atomic mass is 16.1. The van der Waals surface area contributed by atoms with Crippen LogP contribution in [0.15, 0.2) is 61.2 Å². The number of fused-ring (bicyclic) bond motifs is 2. The summed E-state index contributed by atoms with van der Waals surface area (Å²) in [4.78, 5) is 11.7. The third kappa shape index (κ3) is 3.44. The highest BCUT2D eigenvalue weighted by molar-refractivity contribution is 5.99. The zero-order chi connectivity index (χ0) is 21.0. The van der Waals surface area contributed by atoms with Gasteiger partial charge in [-0.05, 0) is 81.3 Å². The van der Waals surface area contributed by atoms with Crippen molar-refractivity contribution in [2.75, 3.05) is 0 Å². The van der Waals surface area contributed by atoms with Gasteiger partial charge in [-0.25, -0.2) is 0 Å². The average Bonchev–Trinajstić information content (AvgIpc) is 2.70. The molecular formula is C28H30O. The Balaban J connectivity index is 1.75. The van der Waals surface area contributed by atoms with Gasteiger partial charge in [-0.1, -0.05) is 76.7 Å². The van der Waals surface area contributed by atoms with E-state index in [2.05, 4.69) is 70.7 Å². The minimum absolute atomic E-state index is 0.0972. The Morgan fingerprint density at radius 3 is 1.83 bits per heavy atom. The Hall–Kier alpha value is -2.67. The molecule has 1 aliphatic rings. The zero-order valence-electron chi connectivity index (χ0n) is 18.2. The maximum Gasteiger partial charge on any atom is 0.159 e. The molecule has 4 rings (SSSR count). The van der Waals surface area contributed by atoms with Gasteiger partial charge in [-0.15, -0.1) is 0 Å². The van der Waals surface area contributed by atoms with Crippen molar-refractivity contribution < 1.29 is 4.79 Å². The molecular weight excluding hydrogens is 352 g/mol. The predicted molar refractivity (Wildman–Crippen MR) is 124 cm³/mol. The molecule has 0 radical (unpaired) electrons. The smallest absolute Gasteiger partial charge is 0.159 e. The van der Waals surface area contributed by atoms with Gasteiger partial charge >= 0.3 is 0 Å². The molecule has 1 heteroatoms. The average molecular weight is 383 g/mol. The molecule has 0 spiro atoms. The Bertz CT molecular complexity index is 1140. The Kier molecular flexibility index (Phi) is 4.53. The summed E-state index contributed by atoms with van der Waals surface area (Å²) in [5.41, 5.74) is 7.46. The summed E-state index contributed by atoms with van der Waals surface area (Å²) in [5.74, 6) is 0.0972. The first kappa shape index (κ1) is 19.6. The van der Waals surface area contributed by atoms with Crippen molar-refractivity contribution >= 4 is 22.1 Å². The summed E-state index contributed by atoms with van der Waals surface area (Å²) in [6.45, 7) is 15.5. The molecule has 1 aliphatic carbocycles. The fourth-order valence-corrected chi connectivity index (χ4v) is 4.60. The minimum Gasteiger partial charge on any atom is -0.295 e. The lowest BCUT2D eigenvalue weighted by atomic mass is 9.63. The van der Waals surface area contributed by atoms with E-state index in [1.165, 1.54) is 29.5 Å². The van der Waals surface area contributed by atoms with Gasteiger partial charge in [-0.3, -0.25) is 4.79 Å². The predicted octanol–water partition coefficient (Wildman–Crippen LogP) is 7.45. The van der Waals surface area contributed by atoms with Crippen molar-refractivity contribution in [2.45, 2.75) is 58.3 Å². The van der Waals surface area contributed by atoms with Crippen LogP contribution in [0.3, 0.4) is 0 Å². The molecule has 148 valence electrons. The van der Waals surface area contributed by atoms with Crippen LogP contribution in [0.25, 0.3) is 16.3 Å². The van der Waals surface area contributed by atoms with Crippen molar-refractivity contribution in [2.24, 2.45) is 0 Å². The van der Waals surface area contributed by atoms with Crippen LogP contribution in [0.4, 0.5) is 0 Å². The van der Waals surface area contributed by atoms with Gasteiger partial charge in [0.2, 0.25) is 0 Å². The summed E-state index contributed by atoms with van der Waals surface area (Å²) in [6, 6.07) is 19.2. The number of carbonyl (C=O) groups excluding carboxylic acids is 1. The third-order valence-corrected chi connectivity index (χ3v) is 6.80. The number of ketones is 1. The maximum atomic E-state index is 11.7. The van der Waals surface area contributed by atoms with Crippen LogP contribution in [-0.2, 0) is 10.8 Å². The van der Waals surface area contributed by atoms with E-state index < -0.39 is 0 Å². The van der Waals surface area contributed by atoms with E-state index in [9.17, 15) is 4.79 Å². The number of rotatable bonds is 3. The van der Waals surface area contributed by atoms with Gasteiger partial charge in [0.05, 0.1) is 0 Å². The lowest BCUT2D eigenvalue weighted by Crippen LogP contribution is -2.33. The van der Waals surface area contributed by atoms with Crippen molar-refractivity contribution in [3.63, 3.8) is 0 Å². The number of carbonyl (C=O) groups is 1.